The van der Waals surface area contributed by atoms with Crippen molar-refractivity contribution < 1.29 is 4.79 Å². The Morgan fingerprint density at radius 2 is 2.21 bits per heavy atom. The van der Waals surface area contributed by atoms with Crippen LogP contribution < -0.4 is 5.32 Å². The van der Waals surface area contributed by atoms with Crippen molar-refractivity contribution in [2.45, 2.75) is 19.4 Å². The predicted octanol–water partition coefficient (Wildman–Crippen LogP) is 2.56. The lowest BCUT2D eigenvalue weighted by Gasteiger charge is -2.22. The number of rotatable bonds is 3. The Morgan fingerprint density at radius 3 is 2.84 bits per heavy atom. The molecule has 0 radical (unpaired) electrons. The molecule has 1 aliphatic rings. The van der Waals surface area contributed by atoms with Crippen LogP contribution in [0.1, 0.15) is 18.9 Å². The SMILES string of the molecule is CC(=CC(=O)N(C)C1CCNC1)c1ccccc1Cl. The summed E-state index contributed by atoms with van der Waals surface area (Å²) in [5, 5.41) is 3.94. The van der Waals surface area contributed by atoms with Gasteiger partial charge in [0.05, 0.1) is 0 Å². The lowest BCUT2D eigenvalue weighted by molar-refractivity contribution is -0.126. The van der Waals surface area contributed by atoms with Crippen molar-refractivity contribution in [1.29, 1.82) is 0 Å². The summed E-state index contributed by atoms with van der Waals surface area (Å²) < 4.78 is 0. The Hall–Kier alpha value is -1.32. The lowest BCUT2D eigenvalue weighted by atomic mass is 10.1. The second-order valence-corrected chi connectivity index (χ2v) is 5.31. The van der Waals surface area contributed by atoms with Gasteiger partial charge in [0.2, 0.25) is 5.91 Å². The minimum absolute atomic E-state index is 0.0334. The second-order valence-electron chi connectivity index (χ2n) is 4.90. The predicted molar refractivity (Wildman–Crippen MR) is 79.1 cm³/mol. The molecule has 1 unspecified atom stereocenters. The Balaban J connectivity index is 2.11. The molecule has 3 nitrogen and oxygen atoms in total. The average molecular weight is 279 g/mol. The molecule has 19 heavy (non-hydrogen) atoms. The standard InChI is InChI=1S/C15H19ClN2O/c1-11(13-5-3-4-6-14(13)16)9-15(19)18(2)12-7-8-17-10-12/h3-6,9,12,17H,7-8,10H2,1-2H3. The fourth-order valence-corrected chi connectivity index (χ4v) is 2.58. The van der Waals surface area contributed by atoms with Crippen molar-refractivity contribution in [2.75, 3.05) is 20.1 Å². The zero-order chi connectivity index (χ0) is 13.8. The van der Waals surface area contributed by atoms with E-state index in [9.17, 15) is 4.79 Å². The van der Waals surface area contributed by atoms with Crippen LogP contribution in [0.2, 0.25) is 5.02 Å². The van der Waals surface area contributed by atoms with E-state index in [-0.39, 0.29) is 5.91 Å². The van der Waals surface area contributed by atoms with Crippen molar-refractivity contribution in [3.8, 4) is 0 Å². The summed E-state index contributed by atoms with van der Waals surface area (Å²) in [6, 6.07) is 7.87. The number of carbonyl (C=O) groups is 1. The first-order valence-corrected chi connectivity index (χ1v) is 6.88. The number of hydrogen-bond acceptors (Lipinski definition) is 2. The first-order chi connectivity index (χ1) is 9.09. The van der Waals surface area contributed by atoms with Crippen LogP contribution in [0.15, 0.2) is 30.3 Å². The van der Waals surface area contributed by atoms with Crippen LogP contribution in [-0.2, 0) is 4.79 Å². The van der Waals surface area contributed by atoms with Gasteiger partial charge in [-0.1, -0.05) is 29.8 Å². The van der Waals surface area contributed by atoms with Gasteiger partial charge in [0.15, 0.2) is 0 Å². The molecule has 0 aliphatic carbocycles. The molecule has 0 aromatic heterocycles. The van der Waals surface area contributed by atoms with Gasteiger partial charge in [-0.2, -0.15) is 0 Å². The number of hydrogen-bond donors (Lipinski definition) is 1. The number of amides is 1. The maximum atomic E-state index is 12.2. The Bertz CT molecular complexity index is 493. The number of carbonyl (C=O) groups excluding carboxylic acids is 1. The molecule has 0 bridgehead atoms. The van der Waals surface area contributed by atoms with Gasteiger partial charge in [-0.15, -0.1) is 0 Å². The highest BCUT2D eigenvalue weighted by atomic mass is 35.5. The van der Waals surface area contributed by atoms with E-state index in [1.165, 1.54) is 0 Å². The molecule has 1 saturated heterocycles. The van der Waals surface area contributed by atoms with Gasteiger partial charge in [0, 0.05) is 30.7 Å². The maximum Gasteiger partial charge on any atom is 0.246 e. The van der Waals surface area contributed by atoms with Gasteiger partial charge in [-0.05, 0) is 37.1 Å². The van der Waals surface area contributed by atoms with E-state index >= 15 is 0 Å². The Morgan fingerprint density at radius 1 is 1.47 bits per heavy atom. The third kappa shape index (κ3) is 3.37. The van der Waals surface area contributed by atoms with E-state index in [0.717, 1.165) is 30.6 Å². The van der Waals surface area contributed by atoms with Crippen LogP contribution in [0.3, 0.4) is 0 Å². The molecular formula is C15H19ClN2O. The monoisotopic (exact) mass is 278 g/mol. The minimum Gasteiger partial charge on any atom is -0.338 e. The summed E-state index contributed by atoms with van der Waals surface area (Å²) >= 11 is 6.13. The van der Waals surface area contributed by atoms with Crippen molar-refractivity contribution in [3.63, 3.8) is 0 Å². The van der Waals surface area contributed by atoms with Crippen molar-refractivity contribution in [2.24, 2.45) is 0 Å². The summed E-state index contributed by atoms with van der Waals surface area (Å²) in [7, 11) is 1.86. The lowest BCUT2D eigenvalue weighted by Crippen LogP contribution is -2.37. The number of allylic oxidation sites excluding steroid dienone is 1. The summed E-state index contributed by atoms with van der Waals surface area (Å²) in [5.74, 6) is 0.0334. The third-order valence-electron chi connectivity index (χ3n) is 3.57. The first kappa shape index (κ1) is 14.1. The molecule has 1 atom stereocenters. The highest BCUT2D eigenvalue weighted by molar-refractivity contribution is 6.32. The van der Waals surface area contributed by atoms with Gasteiger partial charge >= 0.3 is 0 Å². The molecule has 1 aromatic rings. The summed E-state index contributed by atoms with van der Waals surface area (Å²) in [6.07, 6.45) is 2.68. The fourth-order valence-electron chi connectivity index (χ4n) is 2.30. The van der Waals surface area contributed by atoms with Crippen LogP contribution in [0.25, 0.3) is 5.57 Å². The van der Waals surface area contributed by atoms with E-state index < -0.39 is 0 Å². The van der Waals surface area contributed by atoms with Crippen LogP contribution in [0.5, 0.6) is 0 Å². The molecule has 102 valence electrons. The van der Waals surface area contributed by atoms with Gasteiger partial charge in [0.1, 0.15) is 0 Å². The molecule has 2 rings (SSSR count). The third-order valence-corrected chi connectivity index (χ3v) is 3.90. The Labute approximate surface area is 119 Å². The molecule has 4 heteroatoms. The summed E-state index contributed by atoms with van der Waals surface area (Å²) in [4.78, 5) is 14.0. The molecule has 1 aliphatic heterocycles. The van der Waals surface area contributed by atoms with Gasteiger partial charge in [0.25, 0.3) is 0 Å². The minimum atomic E-state index is 0.0334. The van der Waals surface area contributed by atoms with Crippen LogP contribution in [0.4, 0.5) is 0 Å². The van der Waals surface area contributed by atoms with Crippen LogP contribution in [0, 0.1) is 0 Å². The van der Waals surface area contributed by atoms with Crippen molar-refractivity contribution >= 4 is 23.1 Å². The number of nitrogens with zero attached hydrogens (tertiary/aromatic N) is 1. The molecule has 1 aromatic carbocycles. The highest BCUT2D eigenvalue weighted by Gasteiger charge is 2.22. The van der Waals surface area contributed by atoms with Crippen LogP contribution in [-0.4, -0.2) is 37.0 Å². The first-order valence-electron chi connectivity index (χ1n) is 6.50. The molecule has 1 N–H and O–H groups in total. The van der Waals surface area contributed by atoms with Gasteiger partial charge in [-0.25, -0.2) is 0 Å². The highest BCUT2D eigenvalue weighted by Crippen LogP contribution is 2.23. The van der Waals surface area contributed by atoms with E-state index in [1.807, 2.05) is 38.2 Å². The molecule has 1 fully saturated rings. The second kappa shape index (κ2) is 6.22. The summed E-state index contributed by atoms with van der Waals surface area (Å²) in [5.41, 5.74) is 1.81. The smallest absolute Gasteiger partial charge is 0.246 e. The normalized spacial score (nSPS) is 19.5. The van der Waals surface area contributed by atoms with Crippen molar-refractivity contribution in [1.82, 2.24) is 10.2 Å². The van der Waals surface area contributed by atoms with E-state index in [1.54, 1.807) is 11.0 Å². The van der Waals surface area contributed by atoms with E-state index in [4.69, 9.17) is 11.6 Å². The van der Waals surface area contributed by atoms with Gasteiger partial charge < -0.3 is 10.2 Å². The van der Waals surface area contributed by atoms with E-state index in [2.05, 4.69) is 5.32 Å². The molecule has 0 spiro atoms. The number of halogens is 1. The zero-order valence-corrected chi connectivity index (χ0v) is 12.1. The fraction of sp³-hybridized carbons (Fsp3) is 0.400. The average Bonchev–Trinajstić information content (AvgIpc) is 2.92. The number of likely N-dealkylation sites (N-methyl/N-ethyl adjacent to an activating group) is 1. The van der Waals surface area contributed by atoms with Gasteiger partial charge in [-0.3, -0.25) is 4.79 Å². The number of nitrogens with one attached hydrogen (secondary N) is 1. The Kier molecular flexibility index (Phi) is 4.61. The summed E-state index contributed by atoms with van der Waals surface area (Å²) in [6.45, 7) is 3.77. The zero-order valence-electron chi connectivity index (χ0n) is 11.3. The number of benzene rings is 1. The topological polar surface area (TPSA) is 32.3 Å². The molecule has 1 heterocycles. The largest absolute Gasteiger partial charge is 0.338 e. The van der Waals surface area contributed by atoms with Crippen molar-refractivity contribution in [3.05, 3.63) is 40.9 Å². The quantitative estimate of drug-likeness (QED) is 0.862. The van der Waals surface area contributed by atoms with Crippen LogP contribution >= 0.6 is 11.6 Å². The molecule has 0 saturated carbocycles. The molecular weight excluding hydrogens is 260 g/mol. The maximum absolute atomic E-state index is 12.2. The van der Waals surface area contributed by atoms with E-state index in [0.29, 0.717) is 11.1 Å². The molecule has 1 amide bonds.